The number of carbonyl (C=O) groups excluding carboxylic acids is 1. The molecule has 2 aromatic heterocycles. The van der Waals surface area contributed by atoms with Crippen LogP contribution in [0, 0.1) is 0 Å². The maximum atomic E-state index is 12.8. The molecule has 0 spiro atoms. The first kappa shape index (κ1) is 21.6. The summed E-state index contributed by atoms with van der Waals surface area (Å²) in [6.07, 6.45) is 0. The molecule has 0 aliphatic rings. The first-order valence-electron chi connectivity index (χ1n) is 10.2. The number of fused-ring (bicyclic) bond motifs is 2. The molecule has 34 heavy (non-hydrogen) atoms. The van der Waals surface area contributed by atoms with Crippen LogP contribution in [0.4, 0.5) is 0 Å². The van der Waals surface area contributed by atoms with Gasteiger partial charge in [0, 0.05) is 33.5 Å². The van der Waals surface area contributed by atoms with E-state index in [1.807, 2.05) is 0 Å². The molecule has 0 aliphatic heterocycles. The highest BCUT2D eigenvalue weighted by Crippen LogP contribution is 2.33. The van der Waals surface area contributed by atoms with Crippen LogP contribution in [-0.2, 0) is 0 Å². The van der Waals surface area contributed by atoms with Crippen LogP contribution in [0.5, 0.6) is 17.2 Å². The number of ether oxygens (including phenoxy) is 3. The van der Waals surface area contributed by atoms with Crippen molar-refractivity contribution in [3.8, 4) is 28.4 Å². The fourth-order valence-electron chi connectivity index (χ4n) is 3.64. The van der Waals surface area contributed by atoms with E-state index in [1.165, 1.54) is 13.2 Å². The molecule has 3 aromatic carbocycles. The molecule has 0 N–H and O–H groups in total. The van der Waals surface area contributed by atoms with E-state index < -0.39 is 11.6 Å². The van der Waals surface area contributed by atoms with Gasteiger partial charge in [-0.2, -0.15) is 0 Å². The molecule has 2 heterocycles. The van der Waals surface area contributed by atoms with E-state index in [4.69, 9.17) is 34.6 Å². The number of methoxy groups -OCH3 is 2. The zero-order valence-corrected chi connectivity index (χ0v) is 18.8. The molecule has 0 atom stereocenters. The van der Waals surface area contributed by atoms with Crippen molar-refractivity contribution in [2.24, 2.45) is 0 Å². The maximum absolute atomic E-state index is 12.8. The van der Waals surface area contributed by atoms with Crippen molar-refractivity contribution >= 4 is 39.5 Å². The topological polar surface area (TPSA) is 88.1 Å². The maximum Gasteiger partial charge on any atom is 0.379 e. The van der Waals surface area contributed by atoms with Crippen molar-refractivity contribution in [1.29, 1.82) is 0 Å². The van der Waals surface area contributed by atoms with Gasteiger partial charge in [0.2, 0.25) is 5.76 Å². The van der Waals surface area contributed by atoms with E-state index in [-0.39, 0.29) is 17.1 Å². The Bertz CT molecular complexity index is 1610. The van der Waals surface area contributed by atoms with Crippen LogP contribution in [0.25, 0.3) is 33.1 Å². The predicted molar refractivity (Wildman–Crippen MR) is 127 cm³/mol. The van der Waals surface area contributed by atoms with Crippen LogP contribution < -0.4 is 19.8 Å². The summed E-state index contributed by atoms with van der Waals surface area (Å²) in [7, 11) is 3.06. The van der Waals surface area contributed by atoms with E-state index in [0.717, 1.165) is 0 Å². The van der Waals surface area contributed by atoms with Gasteiger partial charge in [0.1, 0.15) is 28.4 Å². The Hall–Kier alpha value is -4.23. The average Bonchev–Trinajstić information content (AvgIpc) is 3.26. The fraction of sp³-hybridized carbons (Fsp3) is 0.0769. The number of furan rings is 1. The Morgan fingerprint density at radius 3 is 2.38 bits per heavy atom. The smallest absolute Gasteiger partial charge is 0.379 e. The van der Waals surface area contributed by atoms with E-state index in [2.05, 4.69) is 0 Å². The molecule has 0 aliphatic carbocycles. The minimum Gasteiger partial charge on any atom is -0.497 e. The SMILES string of the molecule is COc1ccc(-c2cc3ccc(OC(=O)c4cc5cc(Cl)ccc5o4)cc3oc2=O)c(OC)c1. The number of esters is 1. The fourth-order valence-corrected chi connectivity index (χ4v) is 3.82. The van der Waals surface area contributed by atoms with E-state index in [9.17, 15) is 9.59 Å². The molecule has 0 unspecified atom stereocenters. The molecule has 0 saturated carbocycles. The minimum atomic E-state index is -0.686. The molecule has 170 valence electrons. The highest BCUT2D eigenvalue weighted by atomic mass is 35.5. The van der Waals surface area contributed by atoms with Crippen molar-refractivity contribution in [1.82, 2.24) is 0 Å². The van der Waals surface area contributed by atoms with Gasteiger partial charge in [-0.15, -0.1) is 0 Å². The number of hydrogen-bond donors (Lipinski definition) is 0. The molecule has 0 bridgehead atoms. The summed E-state index contributed by atoms with van der Waals surface area (Å²) in [6, 6.07) is 18.2. The van der Waals surface area contributed by atoms with Crippen molar-refractivity contribution in [3.63, 3.8) is 0 Å². The summed E-state index contributed by atoms with van der Waals surface area (Å²) in [6.45, 7) is 0. The Kier molecular flexibility index (Phi) is 5.47. The first-order chi connectivity index (χ1) is 16.4. The molecule has 0 radical (unpaired) electrons. The number of carbonyl (C=O) groups is 1. The van der Waals surface area contributed by atoms with Crippen LogP contribution in [0.3, 0.4) is 0 Å². The third-order valence-electron chi connectivity index (χ3n) is 5.30. The van der Waals surface area contributed by atoms with Crippen molar-refractivity contribution in [2.75, 3.05) is 14.2 Å². The van der Waals surface area contributed by atoms with Gasteiger partial charge in [0.05, 0.1) is 19.8 Å². The summed E-state index contributed by atoms with van der Waals surface area (Å²) in [5, 5.41) is 1.86. The monoisotopic (exact) mass is 476 g/mol. The third-order valence-corrected chi connectivity index (χ3v) is 5.53. The molecule has 7 nitrogen and oxygen atoms in total. The second kappa shape index (κ2) is 8.61. The average molecular weight is 477 g/mol. The second-order valence-electron chi connectivity index (χ2n) is 7.40. The zero-order chi connectivity index (χ0) is 23.8. The predicted octanol–water partition coefficient (Wildman–Crippen LogP) is 6.10. The van der Waals surface area contributed by atoms with Crippen molar-refractivity contribution in [3.05, 3.63) is 87.9 Å². The quantitative estimate of drug-likeness (QED) is 0.172. The molecule has 5 rings (SSSR count). The van der Waals surface area contributed by atoms with Crippen LogP contribution in [0.1, 0.15) is 10.6 Å². The van der Waals surface area contributed by atoms with Crippen molar-refractivity contribution < 1.29 is 27.8 Å². The molecule has 5 aromatic rings. The van der Waals surface area contributed by atoms with E-state index in [0.29, 0.717) is 44.0 Å². The lowest BCUT2D eigenvalue weighted by Crippen LogP contribution is -2.07. The largest absolute Gasteiger partial charge is 0.497 e. The molecule has 8 heteroatoms. The third kappa shape index (κ3) is 3.97. The van der Waals surface area contributed by atoms with Gasteiger partial charge in [-0.1, -0.05) is 11.6 Å². The summed E-state index contributed by atoms with van der Waals surface area (Å²) in [5.74, 6) is 0.622. The normalized spacial score (nSPS) is 11.0. The molecule has 0 saturated heterocycles. The van der Waals surface area contributed by atoms with Gasteiger partial charge in [0.15, 0.2) is 0 Å². The van der Waals surface area contributed by atoms with E-state index in [1.54, 1.807) is 67.8 Å². The summed E-state index contributed by atoms with van der Waals surface area (Å²) in [4.78, 5) is 25.3. The van der Waals surface area contributed by atoms with Gasteiger partial charge in [0.25, 0.3) is 0 Å². The lowest BCUT2D eigenvalue weighted by Gasteiger charge is -2.10. The van der Waals surface area contributed by atoms with Crippen LogP contribution in [-0.4, -0.2) is 20.2 Å². The molecule has 0 fully saturated rings. The van der Waals surface area contributed by atoms with E-state index >= 15 is 0 Å². The number of benzene rings is 3. The summed E-state index contributed by atoms with van der Waals surface area (Å²) < 4.78 is 27.1. The molecular weight excluding hydrogens is 460 g/mol. The summed E-state index contributed by atoms with van der Waals surface area (Å²) in [5.41, 5.74) is 1.12. The van der Waals surface area contributed by atoms with Gasteiger partial charge < -0.3 is 23.0 Å². The Balaban J connectivity index is 1.46. The standard InChI is InChI=1S/C26H17ClO7/c1-30-17-6-7-19(23(12-17)31-2)20-10-14-3-5-18(13-22(14)34-25(20)28)32-26(29)24-11-15-9-16(27)4-8-21(15)33-24/h3-13H,1-2H3. The Morgan fingerprint density at radius 2 is 1.59 bits per heavy atom. The molecule has 0 amide bonds. The molecular formula is C26H17ClO7. The first-order valence-corrected chi connectivity index (χ1v) is 10.5. The number of halogens is 1. The number of rotatable bonds is 5. The zero-order valence-electron chi connectivity index (χ0n) is 18.1. The Morgan fingerprint density at radius 1 is 0.765 bits per heavy atom. The van der Waals surface area contributed by atoms with Crippen molar-refractivity contribution in [2.45, 2.75) is 0 Å². The van der Waals surface area contributed by atoms with Crippen LogP contribution in [0.2, 0.25) is 5.02 Å². The van der Waals surface area contributed by atoms with Crippen LogP contribution in [0.15, 0.2) is 80.4 Å². The highest BCUT2D eigenvalue weighted by Gasteiger charge is 2.17. The Labute approximate surface area is 198 Å². The number of hydrogen-bond acceptors (Lipinski definition) is 7. The van der Waals surface area contributed by atoms with Gasteiger partial charge in [-0.05, 0) is 54.6 Å². The lowest BCUT2D eigenvalue weighted by atomic mass is 10.0. The second-order valence-corrected chi connectivity index (χ2v) is 7.83. The van der Waals surface area contributed by atoms with Gasteiger partial charge in [-0.3, -0.25) is 0 Å². The minimum absolute atomic E-state index is 0.0285. The van der Waals surface area contributed by atoms with Gasteiger partial charge >= 0.3 is 11.6 Å². The van der Waals surface area contributed by atoms with Crippen LogP contribution >= 0.6 is 11.6 Å². The highest BCUT2D eigenvalue weighted by molar-refractivity contribution is 6.31. The van der Waals surface area contributed by atoms with Gasteiger partial charge in [-0.25, -0.2) is 9.59 Å². The lowest BCUT2D eigenvalue weighted by molar-refractivity contribution is 0.0704. The summed E-state index contributed by atoms with van der Waals surface area (Å²) >= 11 is 5.98.